The van der Waals surface area contributed by atoms with Gasteiger partial charge in [0.2, 0.25) is 15.2 Å². The first kappa shape index (κ1) is 18.1. The molecule has 126 valence electrons. The molecule has 0 aliphatic rings. The van der Waals surface area contributed by atoms with E-state index in [1.807, 2.05) is 0 Å². The van der Waals surface area contributed by atoms with Crippen LogP contribution in [0.4, 0.5) is 15.2 Å². The Kier molecular flexibility index (Phi) is 6.33. The van der Waals surface area contributed by atoms with Crippen molar-refractivity contribution in [3.63, 3.8) is 0 Å². The number of rotatable bonds is 8. The number of benzene rings is 1. The van der Waals surface area contributed by atoms with E-state index in [4.69, 9.17) is 0 Å². The molecule has 0 radical (unpaired) electrons. The predicted octanol–water partition coefficient (Wildman–Crippen LogP) is 2.79. The average Bonchev–Trinajstić information content (AvgIpc) is 2.91. The molecular weight excluding hydrogens is 359 g/mol. The zero-order valence-electron chi connectivity index (χ0n) is 12.7. The van der Waals surface area contributed by atoms with Gasteiger partial charge in [0, 0.05) is 25.5 Å². The quantitative estimate of drug-likeness (QED) is 0.564. The van der Waals surface area contributed by atoms with E-state index in [2.05, 4.69) is 15.5 Å². The van der Waals surface area contributed by atoms with Crippen LogP contribution in [0.15, 0.2) is 28.6 Å². The maximum Gasteiger partial charge on any atom is 0.213 e. The van der Waals surface area contributed by atoms with E-state index in [1.165, 1.54) is 53.6 Å². The van der Waals surface area contributed by atoms with Crippen molar-refractivity contribution in [2.45, 2.75) is 10.8 Å². The van der Waals surface area contributed by atoms with E-state index in [9.17, 15) is 12.8 Å². The maximum atomic E-state index is 13.1. The fourth-order valence-electron chi connectivity index (χ4n) is 1.59. The summed E-state index contributed by atoms with van der Waals surface area (Å²) < 4.78 is 38.3. The summed E-state index contributed by atoms with van der Waals surface area (Å²) in [6.45, 7) is 0. The molecule has 1 aromatic carbocycles. The number of thioether (sulfide) groups is 1. The smallest absolute Gasteiger partial charge is 0.213 e. The van der Waals surface area contributed by atoms with E-state index < -0.39 is 10.0 Å². The van der Waals surface area contributed by atoms with E-state index in [0.29, 0.717) is 23.0 Å². The van der Waals surface area contributed by atoms with Crippen molar-refractivity contribution in [3.05, 3.63) is 30.1 Å². The Balaban J connectivity index is 1.81. The number of sulfonamides is 1. The van der Waals surface area contributed by atoms with Crippen molar-refractivity contribution in [1.82, 2.24) is 14.5 Å². The van der Waals surface area contributed by atoms with Crippen LogP contribution in [0.1, 0.15) is 6.42 Å². The number of hydrogen-bond donors (Lipinski definition) is 1. The fourth-order valence-corrected chi connectivity index (χ4v) is 4.43. The van der Waals surface area contributed by atoms with Crippen LogP contribution in [0, 0.1) is 5.82 Å². The van der Waals surface area contributed by atoms with Gasteiger partial charge in [0.1, 0.15) is 5.82 Å². The van der Waals surface area contributed by atoms with Crippen LogP contribution < -0.4 is 5.32 Å². The van der Waals surface area contributed by atoms with Gasteiger partial charge in [0.25, 0.3) is 0 Å². The summed E-state index contributed by atoms with van der Waals surface area (Å²) in [5.74, 6) is 0.429. The number of anilines is 2. The van der Waals surface area contributed by atoms with Gasteiger partial charge in [-0.25, -0.2) is 17.1 Å². The molecule has 23 heavy (non-hydrogen) atoms. The standard InChI is InChI=1S/C13H17FN4O2S3/c1-18(2)23(19,20)8-4-7-21-13-17-16-12(22-13)15-11-6-3-5-10(14)9-11/h3,5-6,9H,4,7-8H2,1-2H3,(H,15,16). The van der Waals surface area contributed by atoms with Gasteiger partial charge >= 0.3 is 0 Å². The molecule has 0 aliphatic heterocycles. The summed E-state index contributed by atoms with van der Waals surface area (Å²) in [5.41, 5.74) is 0.606. The van der Waals surface area contributed by atoms with E-state index >= 15 is 0 Å². The van der Waals surface area contributed by atoms with E-state index in [-0.39, 0.29) is 11.6 Å². The van der Waals surface area contributed by atoms with Gasteiger partial charge < -0.3 is 5.32 Å². The van der Waals surface area contributed by atoms with Crippen LogP contribution >= 0.6 is 23.1 Å². The minimum Gasteiger partial charge on any atom is -0.330 e. The van der Waals surface area contributed by atoms with Gasteiger partial charge in [-0.05, 0) is 24.6 Å². The van der Waals surface area contributed by atoms with Crippen molar-refractivity contribution in [2.24, 2.45) is 0 Å². The minimum absolute atomic E-state index is 0.111. The molecule has 1 aromatic heterocycles. The molecule has 6 nitrogen and oxygen atoms in total. The lowest BCUT2D eigenvalue weighted by molar-refractivity contribution is 0.520. The summed E-state index contributed by atoms with van der Waals surface area (Å²) in [6, 6.07) is 6.09. The number of nitrogens with one attached hydrogen (secondary N) is 1. The van der Waals surface area contributed by atoms with E-state index in [1.54, 1.807) is 12.1 Å². The number of nitrogens with zero attached hydrogens (tertiary/aromatic N) is 3. The Bertz CT molecular complexity index is 749. The molecule has 2 aromatic rings. The second-order valence-corrected chi connectivity index (χ2v) is 9.43. The largest absolute Gasteiger partial charge is 0.330 e. The van der Waals surface area contributed by atoms with E-state index in [0.717, 1.165) is 4.34 Å². The average molecular weight is 377 g/mol. The van der Waals surface area contributed by atoms with Gasteiger partial charge in [-0.15, -0.1) is 10.2 Å². The van der Waals surface area contributed by atoms with Gasteiger partial charge in [0.05, 0.1) is 5.75 Å². The highest BCUT2D eigenvalue weighted by molar-refractivity contribution is 8.01. The van der Waals surface area contributed by atoms with Crippen LogP contribution in [-0.4, -0.2) is 48.5 Å². The lowest BCUT2D eigenvalue weighted by Gasteiger charge is -2.10. The molecule has 0 atom stereocenters. The highest BCUT2D eigenvalue weighted by Crippen LogP contribution is 2.28. The minimum atomic E-state index is -3.15. The van der Waals surface area contributed by atoms with Gasteiger partial charge in [-0.3, -0.25) is 0 Å². The lowest BCUT2D eigenvalue weighted by atomic mass is 10.3. The topological polar surface area (TPSA) is 75.2 Å². The second kappa shape index (κ2) is 8.04. The maximum absolute atomic E-state index is 13.1. The Morgan fingerprint density at radius 3 is 2.83 bits per heavy atom. The molecule has 0 fully saturated rings. The van der Waals surface area contributed by atoms with Crippen molar-refractivity contribution in [3.8, 4) is 0 Å². The molecule has 0 saturated carbocycles. The first-order valence-electron chi connectivity index (χ1n) is 6.76. The highest BCUT2D eigenvalue weighted by atomic mass is 32.2. The Hall–Kier alpha value is -1.23. The van der Waals surface area contributed by atoms with Crippen LogP contribution in [0.2, 0.25) is 0 Å². The number of hydrogen-bond acceptors (Lipinski definition) is 7. The molecule has 0 saturated heterocycles. The first-order valence-corrected chi connectivity index (χ1v) is 10.2. The molecule has 10 heteroatoms. The normalized spacial score (nSPS) is 11.8. The third kappa shape index (κ3) is 5.72. The summed E-state index contributed by atoms with van der Waals surface area (Å²) >= 11 is 2.80. The third-order valence-electron chi connectivity index (χ3n) is 2.81. The predicted molar refractivity (Wildman–Crippen MR) is 92.4 cm³/mol. The van der Waals surface area contributed by atoms with Crippen molar-refractivity contribution in [2.75, 3.05) is 30.9 Å². The Morgan fingerprint density at radius 2 is 2.13 bits per heavy atom. The van der Waals surface area contributed by atoms with Crippen LogP contribution in [0.5, 0.6) is 0 Å². The van der Waals surface area contributed by atoms with Crippen molar-refractivity contribution < 1.29 is 12.8 Å². The molecule has 1 heterocycles. The van der Waals surface area contributed by atoms with Gasteiger partial charge in [-0.1, -0.05) is 29.2 Å². The van der Waals surface area contributed by atoms with Crippen LogP contribution in [0.25, 0.3) is 0 Å². The molecule has 2 rings (SSSR count). The highest BCUT2D eigenvalue weighted by Gasteiger charge is 2.13. The molecule has 0 bridgehead atoms. The molecule has 0 spiro atoms. The molecule has 0 unspecified atom stereocenters. The summed E-state index contributed by atoms with van der Waals surface area (Å²) in [7, 11) is -0.102. The van der Waals surface area contributed by atoms with Crippen molar-refractivity contribution in [1.29, 1.82) is 0 Å². The molecule has 0 aliphatic carbocycles. The van der Waals surface area contributed by atoms with Gasteiger partial charge in [0.15, 0.2) is 4.34 Å². The summed E-state index contributed by atoms with van der Waals surface area (Å²) in [5, 5.41) is 11.6. The van der Waals surface area contributed by atoms with Crippen molar-refractivity contribution >= 4 is 43.9 Å². The monoisotopic (exact) mass is 376 g/mol. The zero-order valence-corrected chi connectivity index (χ0v) is 15.1. The Labute approximate surface area is 143 Å². The fraction of sp³-hybridized carbons (Fsp3) is 0.385. The number of aromatic nitrogens is 2. The lowest BCUT2D eigenvalue weighted by Crippen LogP contribution is -2.25. The second-order valence-electron chi connectivity index (χ2n) is 4.81. The Morgan fingerprint density at radius 1 is 1.35 bits per heavy atom. The molecule has 0 amide bonds. The third-order valence-corrected chi connectivity index (χ3v) is 6.79. The molecular formula is C13H17FN4O2S3. The summed E-state index contributed by atoms with van der Waals surface area (Å²) in [6.07, 6.45) is 0.539. The van der Waals surface area contributed by atoms with Crippen LogP contribution in [-0.2, 0) is 10.0 Å². The number of halogens is 1. The zero-order chi connectivity index (χ0) is 16.9. The van der Waals surface area contributed by atoms with Crippen LogP contribution in [0.3, 0.4) is 0 Å². The summed E-state index contributed by atoms with van der Waals surface area (Å²) in [4.78, 5) is 0. The SMILES string of the molecule is CN(C)S(=O)(=O)CCCSc1nnc(Nc2cccc(F)c2)s1. The molecule has 1 N–H and O–H groups in total. The first-order chi connectivity index (χ1) is 10.9. The van der Waals surface area contributed by atoms with Gasteiger partial charge in [-0.2, -0.15) is 0 Å².